The van der Waals surface area contributed by atoms with Crippen LogP contribution in [0.25, 0.3) is 0 Å². The van der Waals surface area contributed by atoms with Crippen molar-refractivity contribution < 1.29 is 0 Å². The quantitative estimate of drug-likeness (QED) is 0.906. The molecule has 1 heterocycles. The van der Waals surface area contributed by atoms with Gasteiger partial charge in [-0.2, -0.15) is 15.0 Å². The average Bonchev–Trinajstić information content (AvgIpc) is 2.89. The van der Waals surface area contributed by atoms with Crippen molar-refractivity contribution in [3.63, 3.8) is 0 Å². The smallest absolute Gasteiger partial charge is 0.228 e. The monoisotopic (exact) mass is 297 g/mol. The number of hydrogen-bond acceptors (Lipinski definition) is 5. The van der Waals surface area contributed by atoms with Crippen LogP contribution in [0.5, 0.6) is 0 Å². The van der Waals surface area contributed by atoms with Gasteiger partial charge in [-0.05, 0) is 35.4 Å². The zero-order valence-electron chi connectivity index (χ0n) is 13.4. The predicted molar refractivity (Wildman–Crippen MR) is 88.8 cm³/mol. The minimum atomic E-state index is 0.250. The van der Waals surface area contributed by atoms with Crippen LogP contribution >= 0.6 is 0 Å². The Morgan fingerprint density at radius 2 is 2.09 bits per heavy atom. The molecule has 3 rings (SSSR count). The first-order valence-corrected chi connectivity index (χ1v) is 7.96. The van der Waals surface area contributed by atoms with Crippen LogP contribution in [0, 0.1) is 0 Å². The summed E-state index contributed by atoms with van der Waals surface area (Å²) in [6, 6.07) is 7.06. The molecule has 116 valence electrons. The number of hydrogen-bond donors (Lipinski definition) is 2. The zero-order valence-corrected chi connectivity index (χ0v) is 13.4. The molecule has 0 bridgehead atoms. The third kappa shape index (κ3) is 2.89. The van der Waals surface area contributed by atoms with E-state index in [1.54, 1.807) is 0 Å². The van der Waals surface area contributed by atoms with Crippen molar-refractivity contribution in [2.45, 2.75) is 52.0 Å². The third-order valence-electron chi connectivity index (χ3n) is 4.23. The van der Waals surface area contributed by atoms with E-state index in [1.807, 2.05) is 6.92 Å². The van der Waals surface area contributed by atoms with Crippen LogP contribution < -0.4 is 11.1 Å². The highest BCUT2D eigenvalue weighted by Gasteiger charge is 2.24. The van der Waals surface area contributed by atoms with E-state index in [1.165, 1.54) is 16.7 Å². The Labute approximate surface area is 131 Å². The Balaban J connectivity index is 1.87. The van der Waals surface area contributed by atoms with Gasteiger partial charge in [0.2, 0.25) is 11.9 Å². The molecular weight excluding hydrogens is 274 g/mol. The van der Waals surface area contributed by atoms with Crippen LogP contribution in [0.4, 0.5) is 11.9 Å². The Morgan fingerprint density at radius 1 is 1.27 bits per heavy atom. The van der Waals surface area contributed by atoms with E-state index < -0.39 is 0 Å². The topological polar surface area (TPSA) is 76.7 Å². The summed E-state index contributed by atoms with van der Waals surface area (Å²) in [5.41, 5.74) is 9.92. The summed E-state index contributed by atoms with van der Waals surface area (Å²) in [5.74, 6) is 2.12. The SMILES string of the molecule is CCc1nc(N)nc(NC2CCc3ccc(C(C)C)cc32)n1. The molecule has 5 nitrogen and oxygen atoms in total. The minimum absolute atomic E-state index is 0.250. The van der Waals surface area contributed by atoms with Crippen molar-refractivity contribution in [2.24, 2.45) is 0 Å². The van der Waals surface area contributed by atoms with E-state index in [2.05, 4.69) is 52.3 Å². The number of benzene rings is 1. The summed E-state index contributed by atoms with van der Waals surface area (Å²) in [7, 11) is 0. The maximum atomic E-state index is 5.77. The Morgan fingerprint density at radius 3 is 2.82 bits per heavy atom. The highest BCUT2D eigenvalue weighted by atomic mass is 15.2. The van der Waals surface area contributed by atoms with E-state index in [0.29, 0.717) is 11.9 Å². The lowest BCUT2D eigenvalue weighted by Crippen LogP contribution is -2.13. The van der Waals surface area contributed by atoms with Crippen LogP contribution in [-0.4, -0.2) is 15.0 Å². The van der Waals surface area contributed by atoms with Crippen LogP contribution in [0.3, 0.4) is 0 Å². The lowest BCUT2D eigenvalue weighted by molar-refractivity contribution is 0.743. The number of anilines is 2. The van der Waals surface area contributed by atoms with Gasteiger partial charge in [0, 0.05) is 6.42 Å². The first-order chi connectivity index (χ1) is 10.6. The maximum absolute atomic E-state index is 5.77. The van der Waals surface area contributed by atoms with Gasteiger partial charge < -0.3 is 11.1 Å². The second-order valence-corrected chi connectivity index (χ2v) is 6.14. The molecule has 0 amide bonds. The molecule has 1 unspecified atom stereocenters. The largest absolute Gasteiger partial charge is 0.368 e. The van der Waals surface area contributed by atoms with Crippen molar-refractivity contribution in [3.8, 4) is 0 Å². The van der Waals surface area contributed by atoms with Crippen LogP contribution in [0.1, 0.15) is 61.7 Å². The van der Waals surface area contributed by atoms with Crippen LogP contribution in [0.2, 0.25) is 0 Å². The summed E-state index contributed by atoms with van der Waals surface area (Å²) < 4.78 is 0. The van der Waals surface area contributed by atoms with E-state index >= 15 is 0 Å². The molecule has 0 spiro atoms. The van der Waals surface area contributed by atoms with Crippen molar-refractivity contribution in [3.05, 3.63) is 40.7 Å². The molecule has 1 aliphatic carbocycles. The third-order valence-corrected chi connectivity index (χ3v) is 4.23. The zero-order chi connectivity index (χ0) is 15.7. The number of nitrogens with two attached hydrogens (primary N) is 1. The standard InChI is InChI=1S/C17H23N5/c1-4-15-20-16(18)22-17(21-15)19-14-8-7-11-5-6-12(10(2)3)9-13(11)14/h5-6,9-10,14H,4,7-8H2,1-3H3,(H3,18,19,20,21,22). The van der Waals surface area contributed by atoms with Gasteiger partial charge in [0.05, 0.1) is 6.04 Å². The lowest BCUT2D eigenvalue weighted by atomic mass is 9.97. The summed E-state index contributed by atoms with van der Waals surface area (Å²) in [5, 5.41) is 3.44. The Bertz CT molecular complexity index is 681. The van der Waals surface area contributed by atoms with Gasteiger partial charge in [-0.3, -0.25) is 0 Å². The lowest BCUT2D eigenvalue weighted by Gasteiger charge is -2.16. The molecule has 0 aliphatic heterocycles. The molecule has 5 heteroatoms. The number of nitrogens with zero attached hydrogens (tertiary/aromatic N) is 3. The fourth-order valence-electron chi connectivity index (χ4n) is 2.95. The highest BCUT2D eigenvalue weighted by molar-refractivity contribution is 5.44. The van der Waals surface area contributed by atoms with Gasteiger partial charge in [-0.15, -0.1) is 0 Å². The molecule has 22 heavy (non-hydrogen) atoms. The van der Waals surface area contributed by atoms with Crippen molar-refractivity contribution in [1.29, 1.82) is 0 Å². The summed E-state index contributed by atoms with van der Waals surface area (Å²) in [4.78, 5) is 12.8. The number of aryl methyl sites for hydroxylation is 2. The summed E-state index contributed by atoms with van der Waals surface area (Å²) in [6.45, 7) is 6.46. The first-order valence-electron chi connectivity index (χ1n) is 7.96. The molecule has 0 saturated heterocycles. The van der Waals surface area contributed by atoms with Gasteiger partial charge in [0.15, 0.2) is 0 Å². The number of aromatic nitrogens is 3. The molecule has 0 fully saturated rings. The second kappa shape index (κ2) is 5.91. The molecule has 0 radical (unpaired) electrons. The van der Waals surface area contributed by atoms with Gasteiger partial charge in [-0.25, -0.2) is 0 Å². The number of fused-ring (bicyclic) bond motifs is 1. The predicted octanol–water partition coefficient (Wildman–Crippen LogP) is 3.24. The molecular formula is C17H23N5. The van der Waals surface area contributed by atoms with Gasteiger partial charge in [0.25, 0.3) is 0 Å². The van der Waals surface area contributed by atoms with Gasteiger partial charge in [0.1, 0.15) is 5.82 Å². The maximum Gasteiger partial charge on any atom is 0.228 e. The van der Waals surface area contributed by atoms with E-state index in [4.69, 9.17) is 5.73 Å². The summed E-state index contributed by atoms with van der Waals surface area (Å²) in [6.07, 6.45) is 2.90. The fraction of sp³-hybridized carbons (Fsp3) is 0.471. The van der Waals surface area contributed by atoms with Gasteiger partial charge in [-0.1, -0.05) is 39.0 Å². The molecule has 0 saturated carbocycles. The second-order valence-electron chi connectivity index (χ2n) is 6.14. The number of nitrogen functional groups attached to an aromatic ring is 1. The highest BCUT2D eigenvalue weighted by Crippen LogP contribution is 2.35. The minimum Gasteiger partial charge on any atom is -0.368 e. The van der Waals surface area contributed by atoms with Crippen LogP contribution in [-0.2, 0) is 12.8 Å². The van der Waals surface area contributed by atoms with Crippen LogP contribution in [0.15, 0.2) is 18.2 Å². The first kappa shape index (κ1) is 14.8. The number of nitrogens with one attached hydrogen (secondary N) is 1. The van der Waals surface area contributed by atoms with Crippen molar-refractivity contribution in [1.82, 2.24) is 15.0 Å². The molecule has 3 N–H and O–H groups in total. The van der Waals surface area contributed by atoms with E-state index in [9.17, 15) is 0 Å². The normalized spacial score (nSPS) is 16.8. The molecule has 1 atom stereocenters. The van der Waals surface area contributed by atoms with Crippen molar-refractivity contribution in [2.75, 3.05) is 11.1 Å². The fourth-order valence-corrected chi connectivity index (χ4v) is 2.95. The molecule has 1 aromatic carbocycles. The molecule has 1 aromatic heterocycles. The Kier molecular flexibility index (Phi) is 3.96. The molecule has 1 aliphatic rings. The number of rotatable bonds is 4. The van der Waals surface area contributed by atoms with E-state index in [-0.39, 0.29) is 12.0 Å². The summed E-state index contributed by atoms with van der Waals surface area (Å²) >= 11 is 0. The Hall–Kier alpha value is -2.17. The molecule has 2 aromatic rings. The average molecular weight is 297 g/mol. The van der Waals surface area contributed by atoms with Crippen molar-refractivity contribution >= 4 is 11.9 Å². The van der Waals surface area contributed by atoms with E-state index in [0.717, 1.165) is 25.1 Å². The van der Waals surface area contributed by atoms with Gasteiger partial charge >= 0.3 is 0 Å².